The first kappa shape index (κ1) is 14.6. The smallest absolute Gasteiger partial charge is 0.00720 e. The highest BCUT2D eigenvalue weighted by Gasteiger charge is 2.08. The molecule has 0 saturated carbocycles. The Kier molecular flexibility index (Phi) is 6.75. The molecule has 1 aromatic rings. The van der Waals surface area contributed by atoms with Crippen molar-refractivity contribution in [3.05, 3.63) is 28.8 Å². The zero-order valence-corrected chi connectivity index (χ0v) is 11.8. The first-order valence-electron chi connectivity index (χ1n) is 5.87. The molecule has 0 heterocycles. The number of hydrogen-bond acceptors (Lipinski definition) is 1. The first-order chi connectivity index (χ1) is 7.07. The quantitative estimate of drug-likeness (QED) is 0.661. The molecule has 0 radical (unpaired) electrons. The first-order valence-corrected chi connectivity index (χ1v) is 6.31. The molecule has 0 aliphatic heterocycles. The van der Waals surface area contributed by atoms with Crippen molar-refractivity contribution in [1.29, 1.82) is 0 Å². The SMILES string of the molecule is CC.CCC(C)c1ccc(S)c(C)c1C. The Morgan fingerprint density at radius 3 is 2.13 bits per heavy atom. The van der Waals surface area contributed by atoms with E-state index in [1.54, 1.807) is 0 Å². The standard InChI is InChI=1S/C12H18S.C2H6/c1-5-8(2)11-6-7-12(13)10(4)9(11)3;1-2/h6-8,13H,5H2,1-4H3;1-2H3. The molecule has 1 rings (SSSR count). The number of rotatable bonds is 2. The minimum Gasteiger partial charge on any atom is -0.143 e. The molecule has 15 heavy (non-hydrogen) atoms. The van der Waals surface area contributed by atoms with Gasteiger partial charge in [0.15, 0.2) is 0 Å². The summed E-state index contributed by atoms with van der Waals surface area (Å²) in [6.07, 6.45) is 1.20. The second kappa shape index (κ2) is 6.95. The van der Waals surface area contributed by atoms with Gasteiger partial charge in [0.1, 0.15) is 0 Å². The van der Waals surface area contributed by atoms with Crippen molar-refractivity contribution in [3.8, 4) is 0 Å². The average molecular weight is 224 g/mol. The molecule has 86 valence electrons. The van der Waals surface area contributed by atoms with Gasteiger partial charge < -0.3 is 0 Å². The summed E-state index contributed by atoms with van der Waals surface area (Å²) in [6.45, 7) is 12.8. The van der Waals surface area contributed by atoms with Crippen molar-refractivity contribution < 1.29 is 0 Å². The van der Waals surface area contributed by atoms with Gasteiger partial charge in [-0.3, -0.25) is 0 Å². The summed E-state index contributed by atoms with van der Waals surface area (Å²) in [4.78, 5) is 1.10. The lowest BCUT2D eigenvalue weighted by molar-refractivity contribution is 0.725. The molecule has 0 aliphatic carbocycles. The second-order valence-corrected chi connectivity index (χ2v) is 4.22. The highest BCUT2D eigenvalue weighted by Crippen LogP contribution is 2.27. The number of benzene rings is 1. The second-order valence-electron chi connectivity index (χ2n) is 3.73. The van der Waals surface area contributed by atoms with Crippen LogP contribution in [-0.4, -0.2) is 0 Å². The fourth-order valence-electron chi connectivity index (χ4n) is 1.58. The minimum absolute atomic E-state index is 0.660. The van der Waals surface area contributed by atoms with Crippen molar-refractivity contribution >= 4 is 12.6 Å². The molecule has 0 bridgehead atoms. The molecule has 0 aliphatic rings. The third-order valence-electron chi connectivity index (χ3n) is 2.94. The monoisotopic (exact) mass is 224 g/mol. The van der Waals surface area contributed by atoms with Gasteiger partial charge in [-0.2, -0.15) is 0 Å². The Labute approximate surface area is 101 Å². The topological polar surface area (TPSA) is 0 Å². The lowest BCUT2D eigenvalue weighted by Gasteiger charge is -2.15. The molecule has 0 amide bonds. The lowest BCUT2D eigenvalue weighted by atomic mass is 9.92. The highest BCUT2D eigenvalue weighted by atomic mass is 32.1. The molecule has 1 atom stereocenters. The van der Waals surface area contributed by atoms with Crippen molar-refractivity contribution in [2.45, 2.75) is 58.8 Å². The van der Waals surface area contributed by atoms with Crippen LogP contribution >= 0.6 is 12.6 Å². The van der Waals surface area contributed by atoms with Crippen molar-refractivity contribution in [2.24, 2.45) is 0 Å². The molecule has 1 unspecified atom stereocenters. The summed E-state index contributed by atoms with van der Waals surface area (Å²) in [6, 6.07) is 4.31. The molecule has 1 aromatic carbocycles. The third kappa shape index (κ3) is 3.57. The van der Waals surface area contributed by atoms with Crippen molar-refractivity contribution in [3.63, 3.8) is 0 Å². The molecule has 0 fully saturated rings. The average Bonchev–Trinajstić information content (AvgIpc) is 2.28. The van der Waals surface area contributed by atoms with E-state index in [1.807, 2.05) is 13.8 Å². The van der Waals surface area contributed by atoms with Gasteiger partial charge in [-0.15, -0.1) is 12.6 Å². The Morgan fingerprint density at radius 2 is 1.67 bits per heavy atom. The maximum absolute atomic E-state index is 4.41. The molecular formula is C14H24S. The summed E-state index contributed by atoms with van der Waals surface area (Å²) >= 11 is 4.41. The minimum atomic E-state index is 0.660. The zero-order chi connectivity index (χ0) is 12.0. The van der Waals surface area contributed by atoms with E-state index in [4.69, 9.17) is 0 Å². The van der Waals surface area contributed by atoms with Crippen LogP contribution < -0.4 is 0 Å². The van der Waals surface area contributed by atoms with Crippen LogP contribution in [-0.2, 0) is 0 Å². The predicted octanol–water partition coefficient (Wildman–Crippen LogP) is 5.13. The van der Waals surface area contributed by atoms with E-state index in [1.165, 1.54) is 23.1 Å². The van der Waals surface area contributed by atoms with Gasteiger partial charge in [-0.1, -0.05) is 33.8 Å². The van der Waals surface area contributed by atoms with Gasteiger partial charge in [0.05, 0.1) is 0 Å². The van der Waals surface area contributed by atoms with Crippen LogP contribution in [0, 0.1) is 13.8 Å². The van der Waals surface area contributed by atoms with Gasteiger partial charge in [0.2, 0.25) is 0 Å². The number of thiol groups is 1. The molecule has 0 saturated heterocycles. The molecule has 0 N–H and O–H groups in total. The Hall–Kier alpha value is -0.430. The normalized spacial score (nSPS) is 11.7. The van der Waals surface area contributed by atoms with E-state index >= 15 is 0 Å². The van der Waals surface area contributed by atoms with Crippen LogP contribution in [0.5, 0.6) is 0 Å². The van der Waals surface area contributed by atoms with E-state index in [0.717, 1.165) is 4.90 Å². The van der Waals surface area contributed by atoms with Crippen LogP contribution in [0.25, 0.3) is 0 Å². The van der Waals surface area contributed by atoms with Crippen LogP contribution in [0.3, 0.4) is 0 Å². The van der Waals surface area contributed by atoms with Gasteiger partial charge in [0, 0.05) is 4.90 Å². The molecular weight excluding hydrogens is 200 g/mol. The highest BCUT2D eigenvalue weighted by molar-refractivity contribution is 7.80. The van der Waals surface area contributed by atoms with E-state index < -0.39 is 0 Å². The molecule has 0 nitrogen and oxygen atoms in total. The fraction of sp³-hybridized carbons (Fsp3) is 0.571. The fourth-order valence-corrected chi connectivity index (χ4v) is 1.82. The van der Waals surface area contributed by atoms with E-state index in [0.29, 0.717) is 5.92 Å². The lowest BCUT2D eigenvalue weighted by Crippen LogP contribution is -1.97. The summed E-state index contributed by atoms with van der Waals surface area (Å²) in [5.74, 6) is 0.660. The molecule has 0 aromatic heterocycles. The van der Waals surface area contributed by atoms with E-state index in [9.17, 15) is 0 Å². The summed E-state index contributed by atoms with van der Waals surface area (Å²) < 4.78 is 0. The third-order valence-corrected chi connectivity index (χ3v) is 3.43. The van der Waals surface area contributed by atoms with Crippen LogP contribution in [0.15, 0.2) is 17.0 Å². The largest absolute Gasteiger partial charge is 0.143 e. The zero-order valence-electron chi connectivity index (χ0n) is 10.9. The molecule has 0 spiro atoms. The van der Waals surface area contributed by atoms with E-state index in [-0.39, 0.29) is 0 Å². The van der Waals surface area contributed by atoms with Gasteiger partial charge in [0.25, 0.3) is 0 Å². The van der Waals surface area contributed by atoms with Crippen LogP contribution in [0.4, 0.5) is 0 Å². The van der Waals surface area contributed by atoms with Gasteiger partial charge in [-0.05, 0) is 48.9 Å². The maximum atomic E-state index is 4.41. The molecule has 1 heteroatoms. The van der Waals surface area contributed by atoms with Gasteiger partial charge in [-0.25, -0.2) is 0 Å². The number of hydrogen-bond donors (Lipinski definition) is 1. The Balaban J connectivity index is 0.000000921. The van der Waals surface area contributed by atoms with Gasteiger partial charge >= 0.3 is 0 Å². The summed E-state index contributed by atoms with van der Waals surface area (Å²) in [5, 5.41) is 0. The van der Waals surface area contributed by atoms with E-state index in [2.05, 4.69) is 52.5 Å². The Morgan fingerprint density at radius 1 is 1.13 bits per heavy atom. The van der Waals surface area contributed by atoms with Crippen LogP contribution in [0.1, 0.15) is 56.7 Å². The van der Waals surface area contributed by atoms with Crippen molar-refractivity contribution in [2.75, 3.05) is 0 Å². The summed E-state index contributed by atoms with van der Waals surface area (Å²) in [7, 11) is 0. The summed E-state index contributed by atoms with van der Waals surface area (Å²) in [5.41, 5.74) is 4.20. The van der Waals surface area contributed by atoms with Crippen LogP contribution in [0.2, 0.25) is 0 Å². The predicted molar refractivity (Wildman–Crippen MR) is 73.2 cm³/mol. The maximum Gasteiger partial charge on any atom is 0.00720 e. The van der Waals surface area contributed by atoms with Crippen molar-refractivity contribution in [1.82, 2.24) is 0 Å². The Bertz CT molecular complexity index is 302.